The number of amidine groups is 1. The van der Waals surface area contributed by atoms with Gasteiger partial charge in [-0.25, -0.2) is 13.8 Å². The minimum Gasteiger partial charge on any atom is -0.384 e. The van der Waals surface area contributed by atoms with Gasteiger partial charge in [0.2, 0.25) is 0 Å². The molecule has 3 nitrogen and oxygen atoms in total. The Kier molecular flexibility index (Phi) is 3.57. The normalized spacial score (nSPS) is 10.3. The first kappa shape index (κ1) is 12.5. The van der Waals surface area contributed by atoms with E-state index in [1.54, 1.807) is 12.1 Å². The van der Waals surface area contributed by atoms with Crippen LogP contribution in [0.1, 0.15) is 5.56 Å². The van der Waals surface area contributed by atoms with Gasteiger partial charge >= 0.3 is 0 Å². The van der Waals surface area contributed by atoms with E-state index in [4.69, 9.17) is 11.1 Å². The third kappa shape index (κ3) is 2.84. The summed E-state index contributed by atoms with van der Waals surface area (Å²) in [5, 5.41) is 7.87. The van der Waals surface area contributed by atoms with Crippen molar-refractivity contribution in [2.24, 2.45) is 5.73 Å². The van der Waals surface area contributed by atoms with Gasteiger partial charge in [0.15, 0.2) is 11.6 Å². The Labute approximate surface area is 107 Å². The molecule has 0 fully saturated rings. The number of halogens is 2. The van der Waals surface area contributed by atoms with Crippen molar-refractivity contribution in [3.8, 4) is 0 Å². The van der Waals surface area contributed by atoms with Gasteiger partial charge in [0.05, 0.1) is 0 Å². The molecule has 0 bridgehead atoms. The lowest BCUT2D eigenvalue weighted by molar-refractivity contribution is 0.506. The third-order valence-electron chi connectivity index (χ3n) is 2.16. The van der Waals surface area contributed by atoms with Crippen molar-refractivity contribution in [3.05, 3.63) is 53.7 Å². The van der Waals surface area contributed by atoms with Crippen molar-refractivity contribution in [3.63, 3.8) is 0 Å². The van der Waals surface area contributed by atoms with E-state index in [2.05, 4.69) is 4.98 Å². The van der Waals surface area contributed by atoms with Gasteiger partial charge in [0.1, 0.15) is 10.9 Å². The molecule has 0 aliphatic rings. The van der Waals surface area contributed by atoms with E-state index in [1.165, 1.54) is 24.0 Å². The van der Waals surface area contributed by atoms with Crippen LogP contribution in [0.15, 0.2) is 46.5 Å². The van der Waals surface area contributed by atoms with Gasteiger partial charge in [-0.3, -0.25) is 5.41 Å². The molecule has 2 rings (SSSR count). The lowest BCUT2D eigenvalue weighted by Crippen LogP contribution is -2.10. The summed E-state index contributed by atoms with van der Waals surface area (Å²) in [6.45, 7) is 0. The maximum absolute atomic E-state index is 13.0. The van der Waals surface area contributed by atoms with Gasteiger partial charge in [0, 0.05) is 16.7 Å². The van der Waals surface area contributed by atoms with E-state index in [9.17, 15) is 8.78 Å². The highest BCUT2D eigenvalue weighted by atomic mass is 32.2. The minimum atomic E-state index is -0.900. The Balaban J connectivity index is 2.25. The Bertz CT molecular complexity index is 602. The fraction of sp³-hybridized carbons (Fsp3) is 0. The van der Waals surface area contributed by atoms with Crippen LogP contribution in [0.5, 0.6) is 0 Å². The molecule has 0 atom stereocenters. The van der Waals surface area contributed by atoms with E-state index in [-0.39, 0.29) is 5.84 Å². The zero-order chi connectivity index (χ0) is 13.1. The fourth-order valence-corrected chi connectivity index (χ4v) is 2.13. The van der Waals surface area contributed by atoms with Crippen LogP contribution in [-0.4, -0.2) is 10.8 Å². The van der Waals surface area contributed by atoms with Crippen LogP contribution >= 0.6 is 11.8 Å². The largest absolute Gasteiger partial charge is 0.384 e. The number of pyridine rings is 1. The maximum Gasteiger partial charge on any atom is 0.159 e. The first-order valence-corrected chi connectivity index (χ1v) is 5.81. The van der Waals surface area contributed by atoms with Gasteiger partial charge in [-0.15, -0.1) is 0 Å². The molecule has 0 amide bonds. The molecule has 0 aliphatic heterocycles. The van der Waals surface area contributed by atoms with Crippen LogP contribution in [-0.2, 0) is 0 Å². The Morgan fingerprint density at radius 3 is 2.61 bits per heavy atom. The third-order valence-corrected chi connectivity index (χ3v) is 3.08. The number of nitrogens with zero attached hydrogens (tertiary/aromatic N) is 1. The monoisotopic (exact) mass is 265 g/mol. The van der Waals surface area contributed by atoms with Crippen LogP contribution < -0.4 is 5.73 Å². The molecule has 3 N–H and O–H groups in total. The topological polar surface area (TPSA) is 62.8 Å². The molecule has 0 aliphatic carbocycles. The fourth-order valence-electron chi connectivity index (χ4n) is 1.29. The molecule has 0 unspecified atom stereocenters. The van der Waals surface area contributed by atoms with Gasteiger partial charge < -0.3 is 5.73 Å². The second-order valence-electron chi connectivity index (χ2n) is 3.47. The summed E-state index contributed by atoms with van der Waals surface area (Å²) in [5.41, 5.74) is 5.89. The van der Waals surface area contributed by atoms with E-state index < -0.39 is 11.6 Å². The zero-order valence-corrected chi connectivity index (χ0v) is 9.97. The number of nitrogens with two attached hydrogens (primary N) is 1. The number of nitrogens with one attached hydrogen (secondary N) is 1. The Morgan fingerprint density at radius 2 is 1.94 bits per heavy atom. The van der Waals surface area contributed by atoms with Crippen molar-refractivity contribution in [2.45, 2.75) is 9.92 Å². The summed E-state index contributed by atoms with van der Waals surface area (Å²) < 4.78 is 25.8. The average molecular weight is 265 g/mol. The summed E-state index contributed by atoms with van der Waals surface area (Å²) in [5.74, 6) is -1.85. The van der Waals surface area contributed by atoms with Crippen LogP contribution in [0.25, 0.3) is 0 Å². The molecule has 2 aromatic rings. The number of rotatable bonds is 3. The second kappa shape index (κ2) is 5.14. The quantitative estimate of drug-likeness (QED) is 0.662. The van der Waals surface area contributed by atoms with Crippen LogP contribution in [0, 0.1) is 17.0 Å². The van der Waals surface area contributed by atoms with Crippen molar-refractivity contribution >= 4 is 17.6 Å². The number of nitrogen functional groups attached to an aromatic ring is 1. The number of hydrogen-bond acceptors (Lipinski definition) is 3. The van der Waals surface area contributed by atoms with Crippen molar-refractivity contribution in [2.75, 3.05) is 0 Å². The summed E-state index contributed by atoms with van der Waals surface area (Å²) >= 11 is 1.17. The lowest BCUT2D eigenvalue weighted by Gasteiger charge is -2.03. The van der Waals surface area contributed by atoms with Crippen molar-refractivity contribution in [1.82, 2.24) is 4.98 Å². The minimum absolute atomic E-state index is 0.0652. The van der Waals surface area contributed by atoms with E-state index in [1.807, 2.05) is 0 Å². The van der Waals surface area contributed by atoms with E-state index in [0.717, 1.165) is 12.1 Å². The molecule has 1 heterocycles. The maximum atomic E-state index is 13.0. The Morgan fingerprint density at radius 1 is 1.17 bits per heavy atom. The summed E-state index contributed by atoms with van der Waals surface area (Å²) in [7, 11) is 0. The second-order valence-corrected chi connectivity index (χ2v) is 4.57. The number of aromatic nitrogens is 1. The molecule has 0 spiro atoms. The predicted molar refractivity (Wildman–Crippen MR) is 65.7 cm³/mol. The van der Waals surface area contributed by atoms with E-state index >= 15 is 0 Å². The van der Waals surface area contributed by atoms with Crippen LogP contribution in [0.3, 0.4) is 0 Å². The summed E-state index contributed by atoms with van der Waals surface area (Å²) in [6, 6.07) is 6.85. The zero-order valence-electron chi connectivity index (χ0n) is 9.15. The van der Waals surface area contributed by atoms with Gasteiger partial charge in [0.25, 0.3) is 0 Å². The molecule has 0 saturated carbocycles. The summed E-state index contributed by atoms with van der Waals surface area (Å²) in [4.78, 5) is 4.59. The molecule has 0 radical (unpaired) electrons. The molecular weight excluding hydrogens is 256 g/mol. The van der Waals surface area contributed by atoms with Gasteiger partial charge in [-0.1, -0.05) is 11.8 Å². The van der Waals surface area contributed by atoms with Crippen LogP contribution in [0.2, 0.25) is 0 Å². The SMILES string of the molecule is N=C(N)c1ccnc(Sc2ccc(F)c(F)c2)c1. The standard InChI is InChI=1S/C12H9F2N3S/c13-9-2-1-8(6-10(9)14)18-11-5-7(12(15)16)3-4-17-11/h1-6H,(H3,15,16). The molecular formula is C12H9F2N3S. The average Bonchev–Trinajstić information content (AvgIpc) is 2.34. The van der Waals surface area contributed by atoms with Crippen molar-refractivity contribution in [1.29, 1.82) is 5.41 Å². The van der Waals surface area contributed by atoms with Crippen molar-refractivity contribution < 1.29 is 8.78 Å². The molecule has 18 heavy (non-hydrogen) atoms. The molecule has 0 saturated heterocycles. The Hall–Kier alpha value is -1.95. The molecule has 6 heteroatoms. The number of hydrogen-bond donors (Lipinski definition) is 2. The number of benzene rings is 1. The highest BCUT2D eigenvalue weighted by molar-refractivity contribution is 7.99. The molecule has 92 valence electrons. The first-order valence-electron chi connectivity index (χ1n) is 4.99. The lowest BCUT2D eigenvalue weighted by atomic mass is 10.2. The molecule has 1 aromatic carbocycles. The predicted octanol–water partition coefficient (Wildman–Crippen LogP) is 2.80. The first-order chi connectivity index (χ1) is 8.56. The highest BCUT2D eigenvalue weighted by Gasteiger charge is 2.06. The summed E-state index contributed by atoms with van der Waals surface area (Å²) in [6.07, 6.45) is 1.51. The highest BCUT2D eigenvalue weighted by Crippen LogP contribution is 2.27. The smallest absolute Gasteiger partial charge is 0.159 e. The van der Waals surface area contributed by atoms with Gasteiger partial charge in [-0.05, 0) is 30.3 Å². The van der Waals surface area contributed by atoms with Gasteiger partial charge in [-0.2, -0.15) is 0 Å². The van der Waals surface area contributed by atoms with Crippen LogP contribution in [0.4, 0.5) is 8.78 Å². The molecule has 1 aromatic heterocycles. The van der Waals surface area contributed by atoms with E-state index in [0.29, 0.717) is 15.5 Å².